The van der Waals surface area contributed by atoms with Crippen LogP contribution in [0, 0.1) is 0 Å². The second kappa shape index (κ2) is 7.85. The molecule has 0 radical (unpaired) electrons. The Bertz CT molecular complexity index is 277. The van der Waals surface area contributed by atoms with E-state index in [0.29, 0.717) is 12.3 Å². The first-order chi connectivity index (χ1) is 9.31. The van der Waals surface area contributed by atoms with Gasteiger partial charge in [-0.25, -0.2) is 0 Å². The highest BCUT2D eigenvalue weighted by atomic mass is 16.2. The van der Waals surface area contributed by atoms with Gasteiger partial charge in [0.2, 0.25) is 5.91 Å². The Morgan fingerprint density at radius 1 is 1.11 bits per heavy atom. The second-order valence-electron chi connectivity index (χ2n) is 5.92. The topological polar surface area (TPSA) is 35.6 Å². The van der Waals surface area contributed by atoms with E-state index in [2.05, 4.69) is 15.1 Å². The molecule has 2 heterocycles. The van der Waals surface area contributed by atoms with Gasteiger partial charge in [-0.2, -0.15) is 0 Å². The van der Waals surface area contributed by atoms with Gasteiger partial charge in [0.05, 0.1) is 0 Å². The normalized spacial score (nSPS) is 25.5. The molecule has 0 bridgehead atoms. The second-order valence-corrected chi connectivity index (χ2v) is 5.92. The smallest absolute Gasteiger partial charge is 0.222 e. The maximum absolute atomic E-state index is 12.1. The molecule has 0 aromatic heterocycles. The highest BCUT2D eigenvalue weighted by Crippen LogP contribution is 2.21. The van der Waals surface area contributed by atoms with Gasteiger partial charge in [0.25, 0.3) is 0 Å². The summed E-state index contributed by atoms with van der Waals surface area (Å²) in [5.74, 6) is 0.359. The van der Waals surface area contributed by atoms with Crippen LogP contribution in [0.1, 0.15) is 44.9 Å². The average molecular weight is 267 g/mol. The van der Waals surface area contributed by atoms with Crippen molar-refractivity contribution in [1.29, 1.82) is 0 Å². The lowest BCUT2D eigenvalue weighted by atomic mass is 10.1. The molecular weight excluding hydrogens is 238 g/mol. The van der Waals surface area contributed by atoms with Crippen molar-refractivity contribution in [2.75, 3.05) is 39.8 Å². The lowest BCUT2D eigenvalue weighted by Gasteiger charge is -2.26. The van der Waals surface area contributed by atoms with E-state index in [-0.39, 0.29) is 0 Å². The van der Waals surface area contributed by atoms with Crippen molar-refractivity contribution >= 4 is 5.91 Å². The van der Waals surface area contributed by atoms with Crippen LogP contribution in [0.15, 0.2) is 0 Å². The molecule has 1 N–H and O–H groups in total. The van der Waals surface area contributed by atoms with Gasteiger partial charge in [0.15, 0.2) is 0 Å². The van der Waals surface area contributed by atoms with Gasteiger partial charge in [0.1, 0.15) is 0 Å². The standard InChI is InChI=1S/C15H29N3O/c1-16-9-4-7-15(19)18-12-5-6-14(8-13-18)17-10-2-3-11-17/h14,16H,2-13H2,1H3. The number of carbonyl (C=O) groups excluding carboxylic acids is 1. The van der Waals surface area contributed by atoms with Gasteiger partial charge in [0, 0.05) is 25.6 Å². The van der Waals surface area contributed by atoms with E-state index in [0.717, 1.165) is 32.1 Å². The summed E-state index contributed by atoms with van der Waals surface area (Å²) in [5.41, 5.74) is 0. The van der Waals surface area contributed by atoms with Crippen LogP contribution in [-0.2, 0) is 4.79 Å². The summed E-state index contributed by atoms with van der Waals surface area (Å²) in [7, 11) is 1.94. The third-order valence-corrected chi connectivity index (χ3v) is 4.52. The fourth-order valence-electron chi connectivity index (χ4n) is 3.37. The molecule has 2 saturated heterocycles. The Labute approximate surface area is 117 Å². The van der Waals surface area contributed by atoms with E-state index in [4.69, 9.17) is 0 Å². The molecule has 4 heteroatoms. The molecule has 2 aliphatic rings. The summed E-state index contributed by atoms with van der Waals surface area (Å²) in [6, 6.07) is 0.734. The van der Waals surface area contributed by atoms with Crippen LogP contribution in [0.4, 0.5) is 0 Å². The molecule has 1 amide bonds. The van der Waals surface area contributed by atoms with Crippen molar-refractivity contribution in [3.8, 4) is 0 Å². The van der Waals surface area contributed by atoms with Crippen LogP contribution in [0.25, 0.3) is 0 Å². The zero-order valence-corrected chi connectivity index (χ0v) is 12.4. The minimum atomic E-state index is 0.359. The van der Waals surface area contributed by atoms with Gasteiger partial charge in [-0.15, -0.1) is 0 Å². The van der Waals surface area contributed by atoms with E-state index < -0.39 is 0 Å². The molecule has 19 heavy (non-hydrogen) atoms. The number of hydrogen-bond donors (Lipinski definition) is 1. The van der Waals surface area contributed by atoms with Crippen LogP contribution >= 0.6 is 0 Å². The molecule has 0 saturated carbocycles. The molecule has 2 rings (SSSR count). The zero-order chi connectivity index (χ0) is 13.5. The largest absolute Gasteiger partial charge is 0.343 e. The van der Waals surface area contributed by atoms with Gasteiger partial charge >= 0.3 is 0 Å². The molecule has 1 unspecified atom stereocenters. The predicted molar refractivity (Wildman–Crippen MR) is 78.2 cm³/mol. The SMILES string of the molecule is CNCCCC(=O)N1CCCC(N2CCCC2)CC1. The molecule has 4 nitrogen and oxygen atoms in total. The molecule has 2 aliphatic heterocycles. The molecule has 1 atom stereocenters. The van der Waals surface area contributed by atoms with Crippen LogP contribution in [0.3, 0.4) is 0 Å². The molecule has 2 fully saturated rings. The molecule has 110 valence electrons. The van der Waals surface area contributed by atoms with E-state index in [9.17, 15) is 4.79 Å². The van der Waals surface area contributed by atoms with Crippen molar-refractivity contribution in [1.82, 2.24) is 15.1 Å². The highest BCUT2D eigenvalue weighted by Gasteiger charge is 2.25. The summed E-state index contributed by atoms with van der Waals surface area (Å²) >= 11 is 0. The number of amides is 1. The Morgan fingerprint density at radius 3 is 2.63 bits per heavy atom. The van der Waals surface area contributed by atoms with E-state index in [1.165, 1.54) is 45.2 Å². The fraction of sp³-hybridized carbons (Fsp3) is 0.933. The Balaban J connectivity index is 1.74. The summed E-state index contributed by atoms with van der Waals surface area (Å²) in [4.78, 5) is 16.9. The maximum Gasteiger partial charge on any atom is 0.222 e. The van der Waals surface area contributed by atoms with E-state index in [1.54, 1.807) is 0 Å². The van der Waals surface area contributed by atoms with Crippen LogP contribution in [0.2, 0.25) is 0 Å². The third kappa shape index (κ3) is 4.46. The monoisotopic (exact) mass is 267 g/mol. The minimum absolute atomic E-state index is 0.359. The van der Waals surface area contributed by atoms with Crippen molar-refractivity contribution in [2.45, 2.75) is 51.0 Å². The van der Waals surface area contributed by atoms with Gasteiger partial charge in [-0.05, 0) is 65.2 Å². The van der Waals surface area contributed by atoms with Crippen LogP contribution < -0.4 is 5.32 Å². The average Bonchev–Trinajstić information content (AvgIpc) is 2.83. The molecule has 0 aromatic rings. The number of nitrogens with one attached hydrogen (secondary N) is 1. The van der Waals surface area contributed by atoms with Gasteiger partial charge < -0.3 is 15.1 Å². The summed E-state index contributed by atoms with van der Waals surface area (Å²) in [5, 5.41) is 3.11. The first-order valence-corrected chi connectivity index (χ1v) is 7.97. The molecule has 0 spiro atoms. The lowest BCUT2D eigenvalue weighted by molar-refractivity contribution is -0.131. The van der Waals surface area contributed by atoms with Crippen molar-refractivity contribution in [3.05, 3.63) is 0 Å². The Hall–Kier alpha value is -0.610. The first kappa shape index (κ1) is 14.8. The van der Waals surface area contributed by atoms with Crippen molar-refractivity contribution in [2.24, 2.45) is 0 Å². The quantitative estimate of drug-likeness (QED) is 0.766. The number of hydrogen-bond acceptors (Lipinski definition) is 3. The van der Waals surface area contributed by atoms with E-state index >= 15 is 0 Å². The van der Waals surface area contributed by atoms with Crippen LogP contribution in [0.5, 0.6) is 0 Å². The fourth-order valence-corrected chi connectivity index (χ4v) is 3.37. The highest BCUT2D eigenvalue weighted by molar-refractivity contribution is 5.76. The summed E-state index contributed by atoms with van der Waals surface area (Å²) < 4.78 is 0. The number of nitrogens with zero attached hydrogens (tertiary/aromatic N) is 2. The number of rotatable bonds is 5. The van der Waals surface area contributed by atoms with Crippen molar-refractivity contribution in [3.63, 3.8) is 0 Å². The van der Waals surface area contributed by atoms with E-state index in [1.807, 2.05) is 7.05 Å². The molecule has 0 aliphatic carbocycles. The first-order valence-electron chi connectivity index (χ1n) is 7.97. The zero-order valence-electron chi connectivity index (χ0n) is 12.4. The van der Waals surface area contributed by atoms with Gasteiger partial charge in [-0.3, -0.25) is 4.79 Å². The number of carbonyl (C=O) groups is 1. The Morgan fingerprint density at radius 2 is 1.89 bits per heavy atom. The summed E-state index contributed by atoms with van der Waals surface area (Å²) in [6.45, 7) is 5.44. The summed E-state index contributed by atoms with van der Waals surface area (Å²) in [6.07, 6.45) is 8.03. The predicted octanol–water partition coefficient (Wildman–Crippen LogP) is 1.46. The third-order valence-electron chi connectivity index (χ3n) is 4.52. The van der Waals surface area contributed by atoms with Crippen LogP contribution in [-0.4, -0.2) is 61.5 Å². The number of likely N-dealkylation sites (tertiary alicyclic amines) is 2. The van der Waals surface area contributed by atoms with Gasteiger partial charge in [-0.1, -0.05) is 0 Å². The Kier molecular flexibility index (Phi) is 6.11. The molecule has 0 aromatic carbocycles. The lowest BCUT2D eigenvalue weighted by Crippen LogP contribution is -2.35. The molecular formula is C15H29N3O. The maximum atomic E-state index is 12.1. The minimum Gasteiger partial charge on any atom is -0.343 e. The van der Waals surface area contributed by atoms with Crippen molar-refractivity contribution < 1.29 is 4.79 Å².